The van der Waals surface area contributed by atoms with Crippen LogP contribution >= 0.6 is 11.8 Å². The summed E-state index contributed by atoms with van der Waals surface area (Å²) in [6.45, 7) is -1.64. The molecular formula is C14H16F14O2S. The average Bonchev–Trinajstić information content (AvgIpc) is 2.53. The average molecular weight is 514 g/mol. The summed E-state index contributed by atoms with van der Waals surface area (Å²) in [5.41, 5.74) is -10.9. The molecule has 1 unspecified atom stereocenters. The molecule has 0 amide bonds. The number of ether oxygens (including phenoxy) is 1. The smallest absolute Gasteiger partial charge is 0.390 e. The minimum Gasteiger partial charge on any atom is -0.390 e. The highest BCUT2D eigenvalue weighted by atomic mass is 32.2. The van der Waals surface area contributed by atoms with E-state index in [2.05, 4.69) is 4.74 Å². The van der Waals surface area contributed by atoms with Crippen LogP contribution in [0, 0.1) is 0 Å². The van der Waals surface area contributed by atoms with Gasteiger partial charge < -0.3 is 9.84 Å². The molecule has 0 bridgehead atoms. The van der Waals surface area contributed by atoms with Gasteiger partial charge in [-0.25, -0.2) is 8.78 Å². The van der Waals surface area contributed by atoms with Crippen molar-refractivity contribution in [2.24, 2.45) is 0 Å². The molecule has 0 aliphatic heterocycles. The molecule has 0 spiro atoms. The lowest BCUT2D eigenvalue weighted by molar-refractivity contribution is -0.344. The summed E-state index contributed by atoms with van der Waals surface area (Å²) in [4.78, 5) is 0. The zero-order chi connectivity index (χ0) is 24.9. The van der Waals surface area contributed by atoms with E-state index in [9.17, 15) is 66.6 Å². The van der Waals surface area contributed by atoms with Crippen molar-refractivity contribution in [1.82, 2.24) is 0 Å². The first-order chi connectivity index (χ1) is 13.6. The molecule has 1 N–H and O–H groups in total. The zero-order valence-electron chi connectivity index (χ0n) is 15.1. The number of aliphatic hydroxyl groups excluding tert-OH is 1. The standard InChI is InChI=1S/C14H16F14O2S/c15-9(11(17,18)19,12(20,21)22)2-1-4-30-6-8(29)7-31-5-3-10(16,13(23,24)25)14(26,27)28/h8,29H,1-7H2. The summed E-state index contributed by atoms with van der Waals surface area (Å²) < 4.78 is 179. The van der Waals surface area contributed by atoms with Crippen LogP contribution in [0.5, 0.6) is 0 Å². The summed E-state index contributed by atoms with van der Waals surface area (Å²) in [5, 5.41) is 9.40. The van der Waals surface area contributed by atoms with Crippen LogP contribution in [-0.2, 0) is 4.74 Å². The van der Waals surface area contributed by atoms with Crippen LogP contribution < -0.4 is 0 Å². The van der Waals surface area contributed by atoms with Crippen LogP contribution in [0.25, 0.3) is 0 Å². The molecular weight excluding hydrogens is 498 g/mol. The van der Waals surface area contributed by atoms with Crippen molar-refractivity contribution in [3.05, 3.63) is 0 Å². The molecule has 17 heteroatoms. The van der Waals surface area contributed by atoms with Crippen molar-refractivity contribution < 1.29 is 71.3 Å². The first kappa shape index (κ1) is 30.3. The molecule has 0 radical (unpaired) electrons. The largest absolute Gasteiger partial charge is 0.431 e. The fraction of sp³-hybridized carbons (Fsp3) is 1.00. The van der Waals surface area contributed by atoms with Crippen molar-refractivity contribution in [2.45, 2.75) is 61.4 Å². The van der Waals surface area contributed by atoms with Gasteiger partial charge in [0.05, 0.1) is 12.7 Å². The third-order valence-corrected chi connectivity index (χ3v) is 4.93. The van der Waals surface area contributed by atoms with E-state index in [-0.39, 0.29) is 11.8 Å². The summed E-state index contributed by atoms with van der Waals surface area (Å²) in [5.74, 6) is -1.61. The summed E-state index contributed by atoms with van der Waals surface area (Å²) in [7, 11) is 0. The highest BCUT2D eigenvalue weighted by molar-refractivity contribution is 7.99. The topological polar surface area (TPSA) is 29.5 Å². The summed E-state index contributed by atoms with van der Waals surface area (Å²) in [6, 6.07) is 0. The van der Waals surface area contributed by atoms with Gasteiger partial charge in [-0.1, -0.05) is 0 Å². The van der Waals surface area contributed by atoms with Crippen LogP contribution in [0.2, 0.25) is 0 Å². The number of hydrogen-bond acceptors (Lipinski definition) is 3. The third-order valence-electron chi connectivity index (χ3n) is 3.82. The van der Waals surface area contributed by atoms with Crippen LogP contribution in [0.15, 0.2) is 0 Å². The highest BCUT2D eigenvalue weighted by Gasteiger charge is 2.72. The second-order valence-corrected chi connectivity index (χ2v) is 7.40. The van der Waals surface area contributed by atoms with Gasteiger partial charge in [0, 0.05) is 25.2 Å². The molecule has 0 heterocycles. The summed E-state index contributed by atoms with van der Waals surface area (Å²) >= 11 is 0.268. The molecule has 0 rings (SSSR count). The van der Waals surface area contributed by atoms with E-state index in [1.807, 2.05) is 0 Å². The molecule has 2 nitrogen and oxygen atoms in total. The van der Waals surface area contributed by atoms with E-state index in [4.69, 9.17) is 0 Å². The Morgan fingerprint density at radius 3 is 1.42 bits per heavy atom. The molecule has 0 aromatic carbocycles. The molecule has 0 aliphatic carbocycles. The van der Waals surface area contributed by atoms with Crippen molar-refractivity contribution in [2.75, 3.05) is 24.7 Å². The number of halogens is 14. The van der Waals surface area contributed by atoms with Crippen molar-refractivity contribution in [3.63, 3.8) is 0 Å². The minimum atomic E-state index is -6.24. The SMILES string of the molecule is OC(COCCCC(F)(C(F)(F)F)C(F)(F)F)CSCCC(F)(C(F)(F)F)C(F)(F)F. The van der Waals surface area contributed by atoms with Gasteiger partial charge in [0.15, 0.2) is 0 Å². The maximum Gasteiger partial charge on any atom is 0.431 e. The van der Waals surface area contributed by atoms with Crippen LogP contribution in [-0.4, -0.2) is 72.0 Å². The van der Waals surface area contributed by atoms with E-state index in [1.165, 1.54) is 0 Å². The highest BCUT2D eigenvalue weighted by Crippen LogP contribution is 2.49. The number of thioether (sulfide) groups is 1. The second-order valence-electron chi connectivity index (χ2n) is 6.25. The maximum absolute atomic E-state index is 13.3. The first-order valence-corrected chi connectivity index (χ1v) is 9.24. The van der Waals surface area contributed by atoms with E-state index >= 15 is 0 Å². The maximum atomic E-state index is 13.3. The van der Waals surface area contributed by atoms with Crippen LogP contribution in [0.4, 0.5) is 61.5 Å². The Morgan fingerprint density at radius 2 is 1.03 bits per heavy atom. The summed E-state index contributed by atoms with van der Waals surface area (Å²) in [6.07, 6.45) is -31.6. The van der Waals surface area contributed by atoms with Crippen molar-refractivity contribution in [3.8, 4) is 0 Å². The monoisotopic (exact) mass is 514 g/mol. The quantitative estimate of drug-likeness (QED) is 0.274. The lowest BCUT2D eigenvalue weighted by Crippen LogP contribution is -2.53. The molecule has 0 saturated carbocycles. The number of hydrogen-bond donors (Lipinski definition) is 1. The number of aliphatic hydroxyl groups is 1. The van der Waals surface area contributed by atoms with Gasteiger partial charge in [-0.15, -0.1) is 0 Å². The normalized spacial score (nSPS) is 16.0. The van der Waals surface area contributed by atoms with Crippen molar-refractivity contribution in [1.29, 1.82) is 0 Å². The Kier molecular flexibility index (Phi) is 10.2. The molecule has 1 atom stereocenters. The number of rotatable bonds is 11. The lowest BCUT2D eigenvalue weighted by atomic mass is 9.98. The van der Waals surface area contributed by atoms with Crippen molar-refractivity contribution >= 4 is 11.8 Å². The van der Waals surface area contributed by atoms with Crippen LogP contribution in [0.3, 0.4) is 0 Å². The number of alkyl halides is 14. The predicted molar refractivity (Wildman–Crippen MR) is 79.9 cm³/mol. The zero-order valence-corrected chi connectivity index (χ0v) is 15.9. The second kappa shape index (κ2) is 10.5. The molecule has 0 aromatic heterocycles. The Morgan fingerprint density at radius 1 is 0.645 bits per heavy atom. The minimum absolute atomic E-state index is 0.268. The molecule has 0 saturated heterocycles. The molecule has 0 aromatic rings. The fourth-order valence-corrected chi connectivity index (χ4v) is 2.97. The lowest BCUT2D eigenvalue weighted by Gasteiger charge is -2.30. The van der Waals surface area contributed by atoms with Gasteiger partial charge in [-0.05, 0) is 12.2 Å². The molecule has 0 fully saturated rings. The van der Waals surface area contributed by atoms with Gasteiger partial charge in [0.1, 0.15) is 0 Å². The Bertz CT molecular complexity index is 511. The molecule has 0 aliphatic rings. The Labute approximate surface area is 170 Å². The third kappa shape index (κ3) is 7.98. The predicted octanol–water partition coefficient (Wildman–Crippen LogP) is 5.93. The van der Waals surface area contributed by atoms with E-state index in [1.54, 1.807) is 0 Å². The van der Waals surface area contributed by atoms with E-state index < -0.39 is 86.1 Å². The fourth-order valence-electron chi connectivity index (χ4n) is 2.01. The molecule has 188 valence electrons. The van der Waals surface area contributed by atoms with Gasteiger partial charge in [0.2, 0.25) is 0 Å². The molecule has 31 heavy (non-hydrogen) atoms. The van der Waals surface area contributed by atoms with E-state index in [0.717, 1.165) is 0 Å². The van der Waals surface area contributed by atoms with Gasteiger partial charge in [0.25, 0.3) is 11.3 Å². The Hall–Kier alpha value is -0.710. The van der Waals surface area contributed by atoms with E-state index in [0.29, 0.717) is 0 Å². The van der Waals surface area contributed by atoms with Crippen LogP contribution in [0.1, 0.15) is 19.3 Å². The van der Waals surface area contributed by atoms with Gasteiger partial charge in [-0.3, -0.25) is 0 Å². The van der Waals surface area contributed by atoms with Gasteiger partial charge in [-0.2, -0.15) is 64.4 Å². The van der Waals surface area contributed by atoms with Gasteiger partial charge >= 0.3 is 24.7 Å². The Balaban J connectivity index is 4.37. The first-order valence-electron chi connectivity index (χ1n) is 8.08.